The van der Waals surface area contributed by atoms with Crippen LogP contribution in [0.1, 0.15) is 58.8 Å². The molecule has 1 heterocycles. The standard InChI is InChI=1S/C15H30N2/c1-15(2)8-10-17(11-9-15)12-14(16)13-6-4-3-5-7-13/h13-14H,3-12,16H2,1-2H3. The molecule has 17 heavy (non-hydrogen) atoms. The van der Waals surface area contributed by atoms with Crippen molar-refractivity contribution in [2.24, 2.45) is 17.1 Å². The summed E-state index contributed by atoms with van der Waals surface area (Å²) in [5, 5.41) is 0. The Bertz CT molecular complexity index is 221. The van der Waals surface area contributed by atoms with Crippen LogP contribution in [-0.4, -0.2) is 30.6 Å². The fourth-order valence-electron chi connectivity index (χ4n) is 3.35. The average molecular weight is 238 g/mol. The monoisotopic (exact) mass is 238 g/mol. The topological polar surface area (TPSA) is 29.3 Å². The summed E-state index contributed by atoms with van der Waals surface area (Å²) in [6.45, 7) is 8.44. The minimum Gasteiger partial charge on any atom is -0.326 e. The van der Waals surface area contributed by atoms with Crippen LogP contribution in [0.4, 0.5) is 0 Å². The maximum Gasteiger partial charge on any atom is 0.0196 e. The van der Waals surface area contributed by atoms with Crippen LogP contribution in [0.3, 0.4) is 0 Å². The Morgan fingerprint density at radius 3 is 2.29 bits per heavy atom. The van der Waals surface area contributed by atoms with Crippen molar-refractivity contribution in [1.29, 1.82) is 0 Å². The first kappa shape index (κ1) is 13.4. The zero-order valence-electron chi connectivity index (χ0n) is 11.8. The summed E-state index contributed by atoms with van der Waals surface area (Å²) in [5.74, 6) is 0.804. The summed E-state index contributed by atoms with van der Waals surface area (Å²) >= 11 is 0. The molecular weight excluding hydrogens is 208 g/mol. The second kappa shape index (κ2) is 5.71. The molecule has 1 unspecified atom stereocenters. The number of likely N-dealkylation sites (tertiary alicyclic amines) is 1. The summed E-state index contributed by atoms with van der Waals surface area (Å²) in [4.78, 5) is 2.60. The summed E-state index contributed by atoms with van der Waals surface area (Å²) in [7, 11) is 0. The zero-order chi connectivity index (χ0) is 12.3. The van der Waals surface area contributed by atoms with Crippen molar-refractivity contribution < 1.29 is 0 Å². The molecule has 2 nitrogen and oxygen atoms in total. The highest BCUT2D eigenvalue weighted by Crippen LogP contribution is 2.31. The quantitative estimate of drug-likeness (QED) is 0.819. The van der Waals surface area contributed by atoms with E-state index in [4.69, 9.17) is 5.73 Å². The molecule has 0 bridgehead atoms. The van der Waals surface area contributed by atoms with Gasteiger partial charge in [-0.2, -0.15) is 0 Å². The van der Waals surface area contributed by atoms with Crippen LogP contribution < -0.4 is 5.73 Å². The van der Waals surface area contributed by atoms with E-state index in [1.165, 1.54) is 58.0 Å². The van der Waals surface area contributed by atoms with Crippen LogP contribution in [-0.2, 0) is 0 Å². The third-order valence-electron chi connectivity index (χ3n) is 4.93. The van der Waals surface area contributed by atoms with Gasteiger partial charge >= 0.3 is 0 Å². The van der Waals surface area contributed by atoms with Crippen molar-refractivity contribution in [1.82, 2.24) is 4.90 Å². The molecule has 0 aromatic rings. The lowest BCUT2D eigenvalue weighted by molar-refractivity contribution is 0.115. The highest BCUT2D eigenvalue weighted by Gasteiger charge is 2.28. The SMILES string of the molecule is CC1(C)CCN(CC(N)C2CCCCC2)CC1. The first-order valence-electron chi connectivity index (χ1n) is 7.55. The van der Waals surface area contributed by atoms with Gasteiger partial charge in [0, 0.05) is 12.6 Å². The molecule has 2 fully saturated rings. The van der Waals surface area contributed by atoms with Gasteiger partial charge in [-0.05, 0) is 50.1 Å². The third kappa shape index (κ3) is 3.96. The lowest BCUT2D eigenvalue weighted by Gasteiger charge is -2.39. The number of nitrogens with two attached hydrogens (primary N) is 1. The predicted octanol–water partition coefficient (Wildman–Crippen LogP) is 3.02. The van der Waals surface area contributed by atoms with Gasteiger partial charge in [-0.25, -0.2) is 0 Å². The van der Waals surface area contributed by atoms with Gasteiger partial charge in [-0.1, -0.05) is 33.1 Å². The van der Waals surface area contributed by atoms with Gasteiger partial charge in [0.2, 0.25) is 0 Å². The van der Waals surface area contributed by atoms with Crippen molar-refractivity contribution in [3.05, 3.63) is 0 Å². The molecule has 1 atom stereocenters. The van der Waals surface area contributed by atoms with Crippen molar-refractivity contribution in [3.63, 3.8) is 0 Å². The maximum absolute atomic E-state index is 6.41. The van der Waals surface area contributed by atoms with E-state index in [-0.39, 0.29) is 0 Å². The second-order valence-corrected chi connectivity index (χ2v) is 7.03. The highest BCUT2D eigenvalue weighted by atomic mass is 15.1. The summed E-state index contributed by atoms with van der Waals surface area (Å²) in [5.41, 5.74) is 6.97. The normalized spacial score (nSPS) is 29.1. The molecule has 2 heteroatoms. The fraction of sp³-hybridized carbons (Fsp3) is 1.00. The molecule has 0 aromatic heterocycles. The molecule has 0 spiro atoms. The molecule has 1 saturated heterocycles. The highest BCUT2D eigenvalue weighted by molar-refractivity contribution is 4.83. The molecule has 2 N–H and O–H groups in total. The second-order valence-electron chi connectivity index (χ2n) is 7.03. The van der Waals surface area contributed by atoms with Crippen LogP contribution in [0.2, 0.25) is 0 Å². The molecular formula is C15H30N2. The summed E-state index contributed by atoms with van der Waals surface area (Å²) < 4.78 is 0. The van der Waals surface area contributed by atoms with E-state index in [1.54, 1.807) is 0 Å². The van der Waals surface area contributed by atoms with Gasteiger partial charge in [0.25, 0.3) is 0 Å². The van der Waals surface area contributed by atoms with Crippen LogP contribution >= 0.6 is 0 Å². The molecule has 1 aliphatic heterocycles. The maximum atomic E-state index is 6.41. The molecule has 0 radical (unpaired) electrons. The van der Waals surface area contributed by atoms with E-state index in [2.05, 4.69) is 18.7 Å². The van der Waals surface area contributed by atoms with Crippen molar-refractivity contribution >= 4 is 0 Å². The molecule has 0 amide bonds. The number of hydrogen-bond acceptors (Lipinski definition) is 2. The van der Waals surface area contributed by atoms with Crippen LogP contribution in [0.15, 0.2) is 0 Å². The lowest BCUT2D eigenvalue weighted by atomic mass is 9.81. The van der Waals surface area contributed by atoms with Gasteiger partial charge < -0.3 is 10.6 Å². The van der Waals surface area contributed by atoms with Gasteiger partial charge in [0.15, 0.2) is 0 Å². The molecule has 100 valence electrons. The van der Waals surface area contributed by atoms with Crippen molar-refractivity contribution in [2.45, 2.75) is 64.8 Å². The number of piperidine rings is 1. The molecule has 0 aromatic carbocycles. The lowest BCUT2D eigenvalue weighted by Crippen LogP contribution is -2.46. The predicted molar refractivity (Wildman–Crippen MR) is 74.0 cm³/mol. The average Bonchev–Trinajstić information content (AvgIpc) is 2.33. The third-order valence-corrected chi connectivity index (χ3v) is 4.93. The van der Waals surface area contributed by atoms with E-state index in [1.807, 2.05) is 0 Å². The van der Waals surface area contributed by atoms with E-state index in [0.29, 0.717) is 11.5 Å². The smallest absolute Gasteiger partial charge is 0.0196 e. The summed E-state index contributed by atoms with van der Waals surface area (Å²) in [6.07, 6.45) is 9.67. The Balaban J connectivity index is 1.73. The molecule has 1 aliphatic carbocycles. The number of hydrogen-bond donors (Lipinski definition) is 1. The first-order chi connectivity index (χ1) is 8.07. The van der Waals surface area contributed by atoms with Gasteiger partial charge in [0.05, 0.1) is 0 Å². The Morgan fingerprint density at radius 2 is 1.71 bits per heavy atom. The van der Waals surface area contributed by atoms with E-state index >= 15 is 0 Å². The zero-order valence-corrected chi connectivity index (χ0v) is 11.8. The first-order valence-corrected chi connectivity index (χ1v) is 7.55. The fourth-order valence-corrected chi connectivity index (χ4v) is 3.35. The number of nitrogens with zero attached hydrogens (tertiary/aromatic N) is 1. The van der Waals surface area contributed by atoms with Crippen LogP contribution in [0, 0.1) is 11.3 Å². The largest absolute Gasteiger partial charge is 0.326 e. The minimum atomic E-state index is 0.427. The number of rotatable bonds is 3. The van der Waals surface area contributed by atoms with Gasteiger partial charge in [0.1, 0.15) is 0 Å². The molecule has 2 aliphatic rings. The van der Waals surface area contributed by atoms with Crippen LogP contribution in [0.25, 0.3) is 0 Å². The molecule has 1 saturated carbocycles. The van der Waals surface area contributed by atoms with Crippen molar-refractivity contribution in [3.8, 4) is 0 Å². The van der Waals surface area contributed by atoms with E-state index in [9.17, 15) is 0 Å². The van der Waals surface area contributed by atoms with Gasteiger partial charge in [-0.15, -0.1) is 0 Å². The Labute approximate surface area is 107 Å². The van der Waals surface area contributed by atoms with Gasteiger partial charge in [-0.3, -0.25) is 0 Å². The molecule has 2 rings (SSSR count). The van der Waals surface area contributed by atoms with E-state index in [0.717, 1.165) is 12.5 Å². The summed E-state index contributed by atoms with van der Waals surface area (Å²) in [6, 6.07) is 0.427. The van der Waals surface area contributed by atoms with Crippen LogP contribution in [0.5, 0.6) is 0 Å². The minimum absolute atomic E-state index is 0.427. The van der Waals surface area contributed by atoms with E-state index < -0.39 is 0 Å². The Kier molecular flexibility index (Phi) is 4.48. The Hall–Kier alpha value is -0.0800. The van der Waals surface area contributed by atoms with Crippen molar-refractivity contribution in [2.75, 3.05) is 19.6 Å². The Morgan fingerprint density at radius 1 is 1.12 bits per heavy atom.